The minimum atomic E-state index is -1.11. The molecule has 0 fully saturated rings. The molecule has 7 heteroatoms. The van der Waals surface area contributed by atoms with Crippen LogP contribution in [-0.4, -0.2) is 47.7 Å². The van der Waals surface area contributed by atoms with Crippen LogP contribution in [-0.2, 0) is 0 Å². The second kappa shape index (κ2) is 8.93. The third-order valence-corrected chi connectivity index (χ3v) is 5.15. The molecule has 1 aromatic carbocycles. The number of benzene rings is 1. The highest BCUT2D eigenvalue weighted by atomic mass is 16.5. The van der Waals surface area contributed by atoms with E-state index < -0.39 is 11.7 Å². The Morgan fingerprint density at radius 3 is 2.57 bits per heavy atom. The number of hydrogen-bond acceptors (Lipinski definition) is 7. The number of aliphatic hydroxyl groups excluding tert-OH is 1. The van der Waals surface area contributed by atoms with Gasteiger partial charge in [-0.1, -0.05) is 5.57 Å². The summed E-state index contributed by atoms with van der Waals surface area (Å²) >= 11 is 0. The van der Waals surface area contributed by atoms with E-state index in [1.54, 1.807) is 34.3 Å². The summed E-state index contributed by atoms with van der Waals surface area (Å²) < 4.78 is 22.5. The number of furan rings is 1. The maximum Gasteiger partial charge on any atom is 0.230 e. The molecule has 162 valence electrons. The second-order valence-electron chi connectivity index (χ2n) is 7.85. The van der Waals surface area contributed by atoms with Crippen molar-refractivity contribution in [3.05, 3.63) is 36.1 Å². The van der Waals surface area contributed by atoms with Gasteiger partial charge in [-0.05, 0) is 57.9 Å². The van der Waals surface area contributed by atoms with Gasteiger partial charge >= 0.3 is 0 Å². The molecule has 2 aromatic heterocycles. The zero-order chi connectivity index (χ0) is 21.9. The zero-order valence-electron chi connectivity index (χ0n) is 18.1. The molecule has 3 aromatic rings. The summed E-state index contributed by atoms with van der Waals surface area (Å²) in [6.07, 6.45) is 3.89. The summed E-state index contributed by atoms with van der Waals surface area (Å²) in [6.45, 7) is 5.52. The molecule has 0 radical (unpaired) electrons. The van der Waals surface area contributed by atoms with Crippen LogP contribution in [0.3, 0.4) is 0 Å². The Kier molecular flexibility index (Phi) is 6.53. The third kappa shape index (κ3) is 4.52. The van der Waals surface area contributed by atoms with E-state index in [0.717, 1.165) is 16.3 Å². The molecule has 7 nitrogen and oxygen atoms in total. The molecule has 0 aliphatic carbocycles. The molecule has 0 aliphatic rings. The first-order valence-electron chi connectivity index (χ1n) is 9.87. The van der Waals surface area contributed by atoms with Gasteiger partial charge in [-0.25, -0.2) is 4.98 Å². The van der Waals surface area contributed by atoms with Gasteiger partial charge in [0.25, 0.3) is 0 Å². The largest absolute Gasteiger partial charge is 0.495 e. The van der Waals surface area contributed by atoms with Gasteiger partial charge in [-0.2, -0.15) is 0 Å². The molecule has 0 spiro atoms. The van der Waals surface area contributed by atoms with Gasteiger partial charge in [0.05, 0.1) is 37.6 Å². The normalized spacial score (nSPS) is 13.6. The van der Waals surface area contributed by atoms with E-state index >= 15 is 0 Å². The Bertz CT molecular complexity index is 1050. The second-order valence-corrected chi connectivity index (χ2v) is 7.85. The van der Waals surface area contributed by atoms with Crippen molar-refractivity contribution in [2.24, 2.45) is 0 Å². The zero-order valence-corrected chi connectivity index (χ0v) is 18.1. The van der Waals surface area contributed by atoms with Crippen molar-refractivity contribution in [1.82, 2.24) is 4.98 Å². The lowest BCUT2D eigenvalue weighted by Gasteiger charge is -2.24. The SMILES string of the molecule is COc1c2ccoc2nc2c(OC)c(OC/C=C(\C)CCC(O)C(C)(C)O)ccc12. The lowest BCUT2D eigenvalue weighted by Crippen LogP contribution is -2.35. The van der Waals surface area contributed by atoms with Gasteiger partial charge in [0.1, 0.15) is 17.9 Å². The highest BCUT2D eigenvalue weighted by Crippen LogP contribution is 2.41. The van der Waals surface area contributed by atoms with Crippen LogP contribution in [0.25, 0.3) is 22.0 Å². The Hall–Kier alpha value is -2.77. The molecule has 2 N–H and O–H groups in total. The van der Waals surface area contributed by atoms with Crippen molar-refractivity contribution >= 4 is 22.0 Å². The predicted octanol–water partition coefficient (Wildman–Crippen LogP) is 4.24. The molecule has 0 bridgehead atoms. The van der Waals surface area contributed by atoms with Crippen LogP contribution < -0.4 is 14.2 Å². The van der Waals surface area contributed by atoms with Crippen LogP contribution in [0, 0.1) is 0 Å². The van der Waals surface area contributed by atoms with Gasteiger partial charge in [-0.3, -0.25) is 0 Å². The molecular weight excluding hydrogens is 386 g/mol. The molecular formula is C23H29NO6. The van der Waals surface area contributed by atoms with Crippen molar-refractivity contribution < 1.29 is 28.8 Å². The number of methoxy groups -OCH3 is 2. The van der Waals surface area contributed by atoms with Gasteiger partial charge in [0.2, 0.25) is 5.71 Å². The minimum absolute atomic E-state index is 0.340. The summed E-state index contributed by atoms with van der Waals surface area (Å²) in [5.74, 6) is 1.74. The van der Waals surface area contributed by atoms with E-state index in [2.05, 4.69) is 4.98 Å². The van der Waals surface area contributed by atoms with E-state index in [9.17, 15) is 10.2 Å². The monoisotopic (exact) mass is 415 g/mol. The Morgan fingerprint density at radius 2 is 1.90 bits per heavy atom. The highest BCUT2D eigenvalue weighted by Gasteiger charge is 2.23. The van der Waals surface area contributed by atoms with Crippen molar-refractivity contribution in [2.45, 2.75) is 45.3 Å². The van der Waals surface area contributed by atoms with Crippen LogP contribution in [0.1, 0.15) is 33.6 Å². The fourth-order valence-corrected chi connectivity index (χ4v) is 3.28. The molecule has 2 heterocycles. The molecule has 30 heavy (non-hydrogen) atoms. The molecule has 0 saturated heterocycles. The summed E-state index contributed by atoms with van der Waals surface area (Å²) in [5, 5.41) is 21.4. The van der Waals surface area contributed by atoms with Gasteiger partial charge in [0, 0.05) is 5.39 Å². The van der Waals surface area contributed by atoms with Crippen LogP contribution in [0.2, 0.25) is 0 Å². The van der Waals surface area contributed by atoms with Crippen molar-refractivity contribution in [2.75, 3.05) is 20.8 Å². The quantitative estimate of drug-likeness (QED) is 0.505. The number of pyridine rings is 1. The number of fused-ring (bicyclic) bond motifs is 2. The van der Waals surface area contributed by atoms with Gasteiger partial charge < -0.3 is 28.8 Å². The maximum absolute atomic E-state index is 9.96. The summed E-state index contributed by atoms with van der Waals surface area (Å²) in [4.78, 5) is 4.57. The predicted molar refractivity (Wildman–Crippen MR) is 115 cm³/mol. The summed E-state index contributed by atoms with van der Waals surface area (Å²) in [5.41, 5.74) is 1.03. The van der Waals surface area contributed by atoms with E-state index in [0.29, 0.717) is 47.9 Å². The third-order valence-electron chi connectivity index (χ3n) is 5.15. The average Bonchev–Trinajstić information content (AvgIpc) is 3.17. The van der Waals surface area contributed by atoms with Crippen LogP contribution in [0.15, 0.2) is 40.5 Å². The maximum atomic E-state index is 9.96. The topological polar surface area (TPSA) is 94.2 Å². The summed E-state index contributed by atoms with van der Waals surface area (Å²) in [7, 11) is 3.18. The Labute approximate surface area is 175 Å². The minimum Gasteiger partial charge on any atom is -0.495 e. The first kappa shape index (κ1) is 21.9. The first-order valence-corrected chi connectivity index (χ1v) is 9.87. The molecule has 0 amide bonds. The number of hydrogen-bond donors (Lipinski definition) is 2. The lowest BCUT2D eigenvalue weighted by molar-refractivity contribution is -0.0509. The van der Waals surface area contributed by atoms with E-state index in [-0.39, 0.29) is 0 Å². The highest BCUT2D eigenvalue weighted by molar-refractivity contribution is 6.02. The average molecular weight is 415 g/mol. The first-order chi connectivity index (χ1) is 14.3. The number of rotatable bonds is 9. The van der Waals surface area contributed by atoms with E-state index in [4.69, 9.17) is 18.6 Å². The fourth-order valence-electron chi connectivity index (χ4n) is 3.28. The molecule has 1 unspecified atom stereocenters. The number of nitrogens with zero attached hydrogens (tertiary/aromatic N) is 1. The standard InChI is InChI=1S/C23H29NO6/c1-14(6-9-18(25)23(2,3)26)10-12-29-17-8-7-15-19(21(17)28-5)24-22-16(11-13-30-22)20(15)27-4/h7-8,10-11,13,18,25-26H,6,9,12H2,1-5H3/b14-10+. The number of aromatic nitrogens is 1. The summed E-state index contributed by atoms with van der Waals surface area (Å²) in [6, 6.07) is 5.54. The van der Waals surface area contributed by atoms with Crippen molar-refractivity contribution in [1.29, 1.82) is 0 Å². The smallest absolute Gasteiger partial charge is 0.230 e. The molecule has 3 rings (SSSR count). The molecule has 1 atom stereocenters. The van der Waals surface area contributed by atoms with Crippen molar-refractivity contribution in [3.8, 4) is 17.2 Å². The van der Waals surface area contributed by atoms with Gasteiger partial charge in [0.15, 0.2) is 11.5 Å². The van der Waals surface area contributed by atoms with Crippen LogP contribution in [0.4, 0.5) is 0 Å². The Balaban J connectivity index is 1.79. The Morgan fingerprint density at radius 1 is 1.17 bits per heavy atom. The van der Waals surface area contributed by atoms with Crippen LogP contribution in [0.5, 0.6) is 17.2 Å². The van der Waals surface area contributed by atoms with Crippen LogP contribution >= 0.6 is 0 Å². The van der Waals surface area contributed by atoms with Crippen molar-refractivity contribution in [3.63, 3.8) is 0 Å². The fraction of sp³-hybridized carbons (Fsp3) is 0.435. The molecule has 0 aliphatic heterocycles. The lowest BCUT2D eigenvalue weighted by atomic mass is 9.96. The number of aliphatic hydroxyl groups is 2. The molecule has 0 saturated carbocycles. The number of ether oxygens (including phenoxy) is 3. The number of allylic oxidation sites excluding steroid dienone is 1. The van der Waals surface area contributed by atoms with E-state index in [1.165, 1.54) is 0 Å². The van der Waals surface area contributed by atoms with E-state index in [1.807, 2.05) is 31.2 Å². The van der Waals surface area contributed by atoms with Gasteiger partial charge in [-0.15, -0.1) is 0 Å².